The van der Waals surface area contributed by atoms with Gasteiger partial charge in [-0.15, -0.1) is 0 Å². The molecule has 4 aromatic heterocycles. The van der Waals surface area contributed by atoms with Gasteiger partial charge in [-0.05, 0) is 134 Å². The Kier molecular flexibility index (Phi) is 11.4. The Morgan fingerprint density at radius 1 is 0.688 bits per heavy atom. The minimum Gasteiger partial charge on any atom is -0.489 e. The van der Waals surface area contributed by atoms with Gasteiger partial charge in [0.15, 0.2) is 0 Å². The quantitative estimate of drug-likeness (QED) is 0.138. The molecule has 0 aliphatic carbocycles. The van der Waals surface area contributed by atoms with Crippen molar-refractivity contribution in [1.82, 2.24) is 19.5 Å². The third-order valence-electron chi connectivity index (χ3n) is 11.9. The van der Waals surface area contributed by atoms with Crippen molar-refractivity contribution in [3.8, 4) is 50.6 Å². The van der Waals surface area contributed by atoms with Crippen LogP contribution in [-0.4, -0.2) is 32.3 Å². The fraction of sp³-hybridized carbons (Fsp3) is 0.103. The normalized spacial score (nSPS) is 15.0. The summed E-state index contributed by atoms with van der Waals surface area (Å²) in [6.07, 6.45) is 26.2. The van der Waals surface area contributed by atoms with Crippen molar-refractivity contribution in [2.24, 2.45) is 4.99 Å². The van der Waals surface area contributed by atoms with Crippen LogP contribution in [-0.2, 0) is 12.8 Å². The smallest absolute Gasteiger partial charge is 0.124 e. The van der Waals surface area contributed by atoms with Gasteiger partial charge in [-0.1, -0.05) is 103 Å². The largest absolute Gasteiger partial charge is 0.489 e. The standard InChI is InChI=1S/C58H47N5O/c1-3-45-51-37-42(46-18-4-5-19-48(46)53-21-7-11-32-60-53)27-30-57(51)63(56(45)24-14-16-41-36-40(2)25-29-47(41)52-20-6-10-31-59-52)44-17-15-35-64-58-39-50(55-23-9-13-34-62-55)49(38-43(58)26-28-44)54-22-8-12-33-61-54/h3-8,10-12,14-15,17-25,27-34,36-39H,1,9,13,16,26,35H2,2H3/b17-15-,24-14-,44-28+. The number of rotatable bonds is 10. The van der Waals surface area contributed by atoms with Gasteiger partial charge in [0.2, 0.25) is 0 Å². The van der Waals surface area contributed by atoms with Gasteiger partial charge in [-0.2, -0.15) is 0 Å². The minimum atomic E-state index is 0.409. The molecule has 0 saturated carbocycles. The number of nitrogens with zero attached hydrogens (tertiary/aromatic N) is 5. The Labute approximate surface area is 374 Å². The second kappa shape index (κ2) is 18.2. The zero-order valence-electron chi connectivity index (χ0n) is 35.9. The first-order chi connectivity index (χ1) is 31.6. The van der Waals surface area contributed by atoms with Crippen LogP contribution in [0.4, 0.5) is 0 Å². The van der Waals surface area contributed by atoms with Crippen LogP contribution >= 0.6 is 0 Å². The molecule has 6 heteroatoms. The topological polar surface area (TPSA) is 65.2 Å². The van der Waals surface area contributed by atoms with Crippen LogP contribution in [0.25, 0.3) is 79.3 Å². The highest BCUT2D eigenvalue weighted by Gasteiger charge is 2.21. The van der Waals surface area contributed by atoms with E-state index < -0.39 is 0 Å². The van der Waals surface area contributed by atoms with E-state index in [1.54, 1.807) is 0 Å². The highest BCUT2D eigenvalue weighted by Crippen LogP contribution is 2.40. The molecule has 0 atom stereocenters. The van der Waals surface area contributed by atoms with Crippen LogP contribution in [0.2, 0.25) is 0 Å². The van der Waals surface area contributed by atoms with Gasteiger partial charge < -0.3 is 9.30 Å². The monoisotopic (exact) mass is 829 g/mol. The van der Waals surface area contributed by atoms with Crippen molar-refractivity contribution in [1.29, 1.82) is 0 Å². The lowest BCUT2D eigenvalue weighted by atomic mass is 9.95. The first-order valence-electron chi connectivity index (χ1n) is 21.9. The Balaban J connectivity index is 1.12. The van der Waals surface area contributed by atoms with Gasteiger partial charge >= 0.3 is 0 Å². The van der Waals surface area contributed by atoms with Crippen molar-refractivity contribution in [3.05, 3.63) is 216 Å². The molecule has 0 radical (unpaired) electrons. The first kappa shape index (κ1) is 40.1. The van der Waals surface area contributed by atoms with Crippen molar-refractivity contribution in [3.63, 3.8) is 0 Å². The second-order valence-electron chi connectivity index (χ2n) is 16.1. The van der Waals surface area contributed by atoms with Crippen molar-refractivity contribution >= 4 is 40.7 Å². The molecule has 0 N–H and O–H groups in total. The number of aliphatic imine (C=N–C) groups is 1. The Morgan fingerprint density at radius 2 is 1.42 bits per heavy atom. The van der Waals surface area contributed by atoms with Crippen LogP contribution in [0.15, 0.2) is 188 Å². The average molecular weight is 830 g/mol. The predicted octanol–water partition coefficient (Wildman–Crippen LogP) is 13.9. The maximum atomic E-state index is 6.57. The van der Waals surface area contributed by atoms with Gasteiger partial charge in [0, 0.05) is 63.7 Å². The molecule has 0 bridgehead atoms. The fourth-order valence-corrected chi connectivity index (χ4v) is 8.91. The van der Waals surface area contributed by atoms with E-state index in [9.17, 15) is 0 Å². The minimum absolute atomic E-state index is 0.409. The summed E-state index contributed by atoms with van der Waals surface area (Å²) < 4.78 is 8.95. The molecule has 64 heavy (non-hydrogen) atoms. The van der Waals surface area contributed by atoms with Crippen molar-refractivity contribution in [2.45, 2.75) is 32.6 Å². The van der Waals surface area contributed by atoms with Crippen LogP contribution in [0.3, 0.4) is 0 Å². The van der Waals surface area contributed by atoms with Gasteiger partial charge in [-0.25, -0.2) is 0 Å². The lowest BCUT2D eigenvalue weighted by Crippen LogP contribution is -2.01. The first-order valence-corrected chi connectivity index (χ1v) is 21.9. The Morgan fingerprint density at radius 3 is 2.14 bits per heavy atom. The summed E-state index contributed by atoms with van der Waals surface area (Å²) in [5.74, 6) is 0.848. The molecule has 6 nitrogen and oxygen atoms in total. The lowest BCUT2D eigenvalue weighted by Gasteiger charge is -2.17. The summed E-state index contributed by atoms with van der Waals surface area (Å²) in [4.78, 5) is 19.0. The fourth-order valence-electron chi connectivity index (χ4n) is 8.91. The second-order valence-corrected chi connectivity index (χ2v) is 16.1. The number of allylic oxidation sites excluding steroid dienone is 5. The van der Waals surface area contributed by atoms with Gasteiger partial charge in [0.1, 0.15) is 12.4 Å². The molecule has 0 unspecified atom stereocenters. The third-order valence-corrected chi connectivity index (χ3v) is 11.9. The maximum absolute atomic E-state index is 6.57. The number of hydrogen-bond donors (Lipinski definition) is 0. The molecule has 6 heterocycles. The van der Waals surface area contributed by atoms with Crippen molar-refractivity contribution in [2.75, 3.05) is 6.61 Å². The van der Waals surface area contributed by atoms with E-state index in [1.165, 1.54) is 11.1 Å². The zero-order valence-corrected chi connectivity index (χ0v) is 35.9. The number of benzene rings is 4. The van der Waals surface area contributed by atoms with Gasteiger partial charge in [0.05, 0.1) is 34.0 Å². The number of fused-ring (bicyclic) bond motifs is 2. The third kappa shape index (κ3) is 8.10. The van der Waals surface area contributed by atoms with Crippen LogP contribution in [0, 0.1) is 6.92 Å². The Bertz CT molecular complexity index is 3170. The highest BCUT2D eigenvalue weighted by atomic mass is 16.5. The number of pyridine rings is 3. The molecule has 0 spiro atoms. The maximum Gasteiger partial charge on any atom is 0.124 e. The van der Waals surface area contributed by atoms with E-state index in [1.807, 2.05) is 67.3 Å². The van der Waals surface area contributed by atoms with Gasteiger partial charge in [0.25, 0.3) is 0 Å². The molecule has 0 saturated heterocycles. The highest BCUT2D eigenvalue weighted by molar-refractivity contribution is 6.00. The molecule has 0 amide bonds. The SMILES string of the molecule is C=Cc1c(/C=C\Cc2cc(C)ccc2-c2ccccn2)n(C2=C/Cc3cc(-c4ccccn4)c(C4=CCCC=N4)cc3OC/C=C\2)c2ccc(-c3ccccc3-c3ccccn3)cc12. The summed E-state index contributed by atoms with van der Waals surface area (Å²) >= 11 is 0. The molecule has 10 rings (SSSR count). The summed E-state index contributed by atoms with van der Waals surface area (Å²) in [6.45, 7) is 6.97. The van der Waals surface area contributed by atoms with E-state index in [-0.39, 0.29) is 0 Å². The van der Waals surface area contributed by atoms with E-state index in [2.05, 4.69) is 146 Å². The van der Waals surface area contributed by atoms with E-state index in [4.69, 9.17) is 24.7 Å². The van der Waals surface area contributed by atoms with Crippen LogP contribution < -0.4 is 4.74 Å². The molecular formula is C58H47N5O. The molecule has 0 fully saturated rings. The lowest BCUT2D eigenvalue weighted by molar-refractivity contribution is 0.360. The molecule has 2 aliphatic heterocycles. The van der Waals surface area contributed by atoms with Gasteiger partial charge in [-0.3, -0.25) is 19.9 Å². The zero-order chi connectivity index (χ0) is 43.2. The molecule has 310 valence electrons. The average Bonchev–Trinajstić information content (AvgIpc) is 3.71. The van der Waals surface area contributed by atoms with E-state index in [0.29, 0.717) is 13.0 Å². The van der Waals surface area contributed by atoms with E-state index >= 15 is 0 Å². The molecule has 8 aromatic rings. The summed E-state index contributed by atoms with van der Waals surface area (Å²) in [5, 5.41) is 1.11. The van der Waals surface area contributed by atoms with Crippen molar-refractivity contribution < 1.29 is 4.74 Å². The van der Waals surface area contributed by atoms with E-state index in [0.717, 1.165) is 115 Å². The number of aryl methyl sites for hydroxylation is 1. The Hall–Kier alpha value is -7.96. The molecular weight excluding hydrogens is 783 g/mol. The number of ether oxygens (including phenoxy) is 1. The molecule has 2 aliphatic rings. The number of hydrogen-bond acceptors (Lipinski definition) is 5. The van der Waals surface area contributed by atoms with Crippen LogP contribution in [0.5, 0.6) is 5.75 Å². The molecule has 4 aromatic carbocycles. The summed E-state index contributed by atoms with van der Waals surface area (Å²) in [6, 6.07) is 44.5. The number of aromatic nitrogens is 4. The summed E-state index contributed by atoms with van der Waals surface area (Å²) in [7, 11) is 0. The van der Waals surface area contributed by atoms with Crippen LogP contribution in [0.1, 0.15) is 46.4 Å². The predicted molar refractivity (Wildman–Crippen MR) is 266 cm³/mol. The summed E-state index contributed by atoms with van der Waals surface area (Å²) in [5.41, 5.74) is 18.1.